The Morgan fingerprint density at radius 3 is 2.95 bits per heavy atom. The highest BCUT2D eigenvalue weighted by atomic mass is 32.1. The molecule has 19 heavy (non-hydrogen) atoms. The maximum Gasteiger partial charge on any atom is 0.251 e. The highest BCUT2D eigenvalue weighted by Crippen LogP contribution is 2.21. The summed E-state index contributed by atoms with van der Waals surface area (Å²) in [6.07, 6.45) is 1.82. The molecule has 1 amide bonds. The third-order valence-electron chi connectivity index (χ3n) is 2.59. The molecule has 0 atom stereocenters. The monoisotopic (exact) mass is 276 g/mol. The number of anilines is 2. The summed E-state index contributed by atoms with van der Waals surface area (Å²) >= 11 is 1.58. The molecule has 4 N–H and O–H groups in total. The second kappa shape index (κ2) is 6.19. The maximum absolute atomic E-state index is 11.7. The number of nitrogen functional groups attached to an aromatic ring is 1. The Hall–Kier alpha value is -2.08. The first-order chi connectivity index (χ1) is 9.20. The lowest BCUT2D eigenvalue weighted by Crippen LogP contribution is -2.22. The standard InChI is InChI=1S/C13H16N4OS/c1-2-16-13(18)9-3-4-12(11(14)5-9)17-7-10-6-15-8-19-10/h3-6,8,17H,2,7,14H2,1H3,(H,16,18). The smallest absolute Gasteiger partial charge is 0.251 e. The summed E-state index contributed by atoms with van der Waals surface area (Å²) in [4.78, 5) is 16.8. The van der Waals surface area contributed by atoms with Crippen LogP contribution >= 0.6 is 11.3 Å². The topological polar surface area (TPSA) is 80.0 Å². The molecule has 0 aliphatic rings. The molecular weight excluding hydrogens is 260 g/mol. The van der Waals surface area contributed by atoms with E-state index in [1.54, 1.807) is 29.0 Å². The Labute approximate surface area is 115 Å². The molecule has 1 aromatic heterocycles. The number of aromatic nitrogens is 1. The van der Waals surface area contributed by atoms with Crippen LogP contribution in [0, 0.1) is 0 Å². The van der Waals surface area contributed by atoms with Gasteiger partial charge in [0, 0.05) is 23.2 Å². The van der Waals surface area contributed by atoms with Crippen molar-refractivity contribution in [2.24, 2.45) is 0 Å². The zero-order valence-electron chi connectivity index (χ0n) is 10.6. The molecule has 0 fully saturated rings. The lowest BCUT2D eigenvalue weighted by Gasteiger charge is -2.10. The molecule has 2 rings (SSSR count). The van der Waals surface area contributed by atoms with Gasteiger partial charge >= 0.3 is 0 Å². The van der Waals surface area contributed by atoms with Crippen molar-refractivity contribution in [2.45, 2.75) is 13.5 Å². The molecule has 6 heteroatoms. The van der Waals surface area contributed by atoms with Crippen LogP contribution in [0.4, 0.5) is 11.4 Å². The highest BCUT2D eigenvalue weighted by Gasteiger charge is 2.07. The molecule has 0 saturated carbocycles. The average molecular weight is 276 g/mol. The Bertz CT molecular complexity index is 554. The Morgan fingerprint density at radius 1 is 1.47 bits per heavy atom. The van der Waals surface area contributed by atoms with Crippen LogP contribution in [0.3, 0.4) is 0 Å². The molecule has 1 heterocycles. The Morgan fingerprint density at radius 2 is 2.32 bits per heavy atom. The van der Waals surface area contributed by atoms with Crippen LogP contribution in [-0.2, 0) is 6.54 Å². The van der Waals surface area contributed by atoms with Crippen molar-refractivity contribution in [1.29, 1.82) is 0 Å². The Balaban J connectivity index is 2.04. The number of amides is 1. The van der Waals surface area contributed by atoms with Gasteiger partial charge in [-0.05, 0) is 25.1 Å². The van der Waals surface area contributed by atoms with Crippen molar-refractivity contribution in [3.63, 3.8) is 0 Å². The van der Waals surface area contributed by atoms with Gasteiger partial charge in [0.2, 0.25) is 0 Å². The van der Waals surface area contributed by atoms with E-state index in [1.165, 1.54) is 0 Å². The van der Waals surface area contributed by atoms with Gasteiger partial charge in [0.25, 0.3) is 5.91 Å². The summed E-state index contributed by atoms with van der Waals surface area (Å²) in [5.41, 5.74) is 9.69. The molecule has 0 aliphatic heterocycles. The van der Waals surface area contributed by atoms with Gasteiger partial charge in [-0.1, -0.05) is 0 Å². The minimum absolute atomic E-state index is 0.108. The third kappa shape index (κ3) is 3.45. The van der Waals surface area contributed by atoms with E-state index >= 15 is 0 Å². The summed E-state index contributed by atoms with van der Waals surface area (Å²) in [6, 6.07) is 5.26. The van der Waals surface area contributed by atoms with Crippen molar-refractivity contribution >= 4 is 28.6 Å². The first kappa shape index (κ1) is 13.4. The third-order valence-corrected chi connectivity index (χ3v) is 3.37. The van der Waals surface area contributed by atoms with Gasteiger partial charge in [-0.3, -0.25) is 9.78 Å². The number of rotatable bonds is 5. The molecule has 0 spiro atoms. The van der Waals surface area contributed by atoms with E-state index in [0.29, 0.717) is 24.3 Å². The van der Waals surface area contributed by atoms with E-state index in [2.05, 4.69) is 15.6 Å². The van der Waals surface area contributed by atoms with Crippen LogP contribution in [0.1, 0.15) is 22.2 Å². The molecule has 100 valence electrons. The molecule has 0 aliphatic carbocycles. The number of thiazole rings is 1. The number of benzene rings is 1. The summed E-state index contributed by atoms with van der Waals surface area (Å²) < 4.78 is 0. The van der Waals surface area contributed by atoms with Gasteiger partial charge in [0.15, 0.2) is 0 Å². The predicted molar refractivity (Wildman–Crippen MR) is 78.3 cm³/mol. The van der Waals surface area contributed by atoms with Gasteiger partial charge in [-0.2, -0.15) is 0 Å². The van der Waals surface area contributed by atoms with E-state index in [1.807, 2.05) is 19.2 Å². The van der Waals surface area contributed by atoms with Gasteiger partial charge < -0.3 is 16.4 Å². The van der Waals surface area contributed by atoms with Crippen LogP contribution in [0.5, 0.6) is 0 Å². The van der Waals surface area contributed by atoms with Gasteiger partial charge in [-0.25, -0.2) is 0 Å². The maximum atomic E-state index is 11.7. The fraction of sp³-hybridized carbons (Fsp3) is 0.231. The summed E-state index contributed by atoms with van der Waals surface area (Å²) in [6.45, 7) is 3.16. The number of carbonyl (C=O) groups is 1. The first-order valence-electron chi connectivity index (χ1n) is 5.99. The van der Waals surface area contributed by atoms with Crippen molar-refractivity contribution in [3.05, 3.63) is 40.3 Å². The second-order valence-corrected chi connectivity index (χ2v) is 4.95. The largest absolute Gasteiger partial charge is 0.397 e. The van der Waals surface area contributed by atoms with Crippen LogP contribution in [0.25, 0.3) is 0 Å². The van der Waals surface area contributed by atoms with Crippen LogP contribution in [0.15, 0.2) is 29.9 Å². The molecule has 5 nitrogen and oxygen atoms in total. The average Bonchev–Trinajstić information content (AvgIpc) is 2.90. The number of nitrogens with one attached hydrogen (secondary N) is 2. The zero-order valence-corrected chi connectivity index (χ0v) is 11.5. The predicted octanol–water partition coefficient (Wildman–Crippen LogP) is 2.09. The zero-order chi connectivity index (χ0) is 13.7. The molecule has 0 bridgehead atoms. The summed E-state index contributed by atoms with van der Waals surface area (Å²) in [5.74, 6) is -0.108. The van der Waals surface area contributed by atoms with Crippen molar-refractivity contribution < 1.29 is 4.79 Å². The SMILES string of the molecule is CCNC(=O)c1ccc(NCc2cncs2)c(N)c1. The lowest BCUT2D eigenvalue weighted by atomic mass is 10.1. The highest BCUT2D eigenvalue weighted by molar-refractivity contribution is 7.09. The van der Waals surface area contributed by atoms with Gasteiger partial charge in [-0.15, -0.1) is 11.3 Å². The lowest BCUT2D eigenvalue weighted by molar-refractivity contribution is 0.0956. The molecular formula is C13H16N4OS. The first-order valence-corrected chi connectivity index (χ1v) is 6.87. The van der Waals surface area contributed by atoms with Gasteiger partial charge in [0.1, 0.15) is 0 Å². The fourth-order valence-electron chi connectivity index (χ4n) is 1.64. The minimum Gasteiger partial charge on any atom is -0.397 e. The van der Waals surface area contributed by atoms with E-state index in [9.17, 15) is 4.79 Å². The summed E-state index contributed by atoms with van der Waals surface area (Å²) in [7, 11) is 0. The molecule has 0 saturated heterocycles. The van der Waals surface area contributed by atoms with Crippen LogP contribution in [0.2, 0.25) is 0 Å². The molecule has 0 radical (unpaired) electrons. The number of nitrogens with two attached hydrogens (primary N) is 1. The number of hydrogen-bond acceptors (Lipinski definition) is 5. The number of nitrogens with zero attached hydrogens (tertiary/aromatic N) is 1. The summed E-state index contributed by atoms with van der Waals surface area (Å²) in [5, 5.41) is 5.97. The van der Waals surface area contributed by atoms with Crippen molar-refractivity contribution in [3.8, 4) is 0 Å². The number of hydrogen-bond donors (Lipinski definition) is 3. The normalized spacial score (nSPS) is 10.2. The minimum atomic E-state index is -0.108. The van der Waals surface area contributed by atoms with Crippen LogP contribution < -0.4 is 16.4 Å². The molecule has 2 aromatic rings. The van der Waals surface area contributed by atoms with E-state index in [0.717, 1.165) is 10.6 Å². The van der Waals surface area contributed by atoms with E-state index in [-0.39, 0.29) is 5.91 Å². The van der Waals surface area contributed by atoms with Crippen molar-refractivity contribution in [2.75, 3.05) is 17.6 Å². The van der Waals surface area contributed by atoms with E-state index < -0.39 is 0 Å². The Kier molecular flexibility index (Phi) is 4.35. The molecule has 0 unspecified atom stereocenters. The quantitative estimate of drug-likeness (QED) is 0.730. The number of carbonyl (C=O) groups excluding carboxylic acids is 1. The van der Waals surface area contributed by atoms with Gasteiger partial charge in [0.05, 0.1) is 23.4 Å². The molecule has 1 aromatic carbocycles. The fourth-order valence-corrected chi connectivity index (χ4v) is 2.17. The second-order valence-electron chi connectivity index (χ2n) is 3.98. The van der Waals surface area contributed by atoms with Crippen LogP contribution in [-0.4, -0.2) is 17.4 Å². The van der Waals surface area contributed by atoms with Crippen molar-refractivity contribution in [1.82, 2.24) is 10.3 Å². The van der Waals surface area contributed by atoms with E-state index in [4.69, 9.17) is 5.73 Å².